The van der Waals surface area contributed by atoms with Gasteiger partial charge in [-0.1, -0.05) is 11.6 Å². The number of benzene rings is 1. The SMILES string of the molecule is O=Cc1csc(CSc2ccc(Cl)cc2)n1. The lowest BCUT2D eigenvalue weighted by Crippen LogP contribution is -1.82. The van der Waals surface area contributed by atoms with Crippen LogP contribution in [0.2, 0.25) is 5.02 Å². The van der Waals surface area contributed by atoms with Crippen LogP contribution in [0.1, 0.15) is 15.5 Å². The maximum absolute atomic E-state index is 10.5. The van der Waals surface area contributed by atoms with Crippen molar-refractivity contribution in [2.45, 2.75) is 10.6 Å². The number of thioether (sulfide) groups is 1. The third-order valence-electron chi connectivity index (χ3n) is 1.87. The van der Waals surface area contributed by atoms with Crippen LogP contribution in [0.25, 0.3) is 0 Å². The molecule has 0 saturated heterocycles. The number of hydrogen-bond acceptors (Lipinski definition) is 4. The molecular formula is C11H8ClNOS2. The number of halogens is 1. The summed E-state index contributed by atoms with van der Waals surface area (Å²) < 4.78 is 0. The van der Waals surface area contributed by atoms with Gasteiger partial charge in [0.25, 0.3) is 0 Å². The van der Waals surface area contributed by atoms with Crippen molar-refractivity contribution in [3.05, 3.63) is 45.4 Å². The third-order valence-corrected chi connectivity index (χ3v) is 4.19. The molecule has 0 unspecified atom stereocenters. The summed E-state index contributed by atoms with van der Waals surface area (Å²) >= 11 is 8.98. The van der Waals surface area contributed by atoms with Gasteiger partial charge in [-0.25, -0.2) is 4.98 Å². The Morgan fingerprint density at radius 2 is 2.12 bits per heavy atom. The van der Waals surface area contributed by atoms with E-state index < -0.39 is 0 Å². The van der Waals surface area contributed by atoms with Gasteiger partial charge in [0.15, 0.2) is 6.29 Å². The molecule has 2 aromatic rings. The van der Waals surface area contributed by atoms with Gasteiger partial charge < -0.3 is 0 Å². The molecule has 0 atom stereocenters. The molecule has 2 nitrogen and oxygen atoms in total. The Morgan fingerprint density at radius 1 is 1.38 bits per heavy atom. The molecule has 0 spiro atoms. The minimum atomic E-state index is 0.511. The largest absolute Gasteiger partial charge is 0.296 e. The normalized spacial score (nSPS) is 10.3. The van der Waals surface area contributed by atoms with Gasteiger partial charge in [0.2, 0.25) is 0 Å². The van der Waals surface area contributed by atoms with E-state index in [1.165, 1.54) is 11.3 Å². The topological polar surface area (TPSA) is 30.0 Å². The highest BCUT2D eigenvalue weighted by Crippen LogP contribution is 2.25. The lowest BCUT2D eigenvalue weighted by atomic mass is 10.4. The van der Waals surface area contributed by atoms with Gasteiger partial charge in [0.05, 0.1) is 5.75 Å². The number of thiazole rings is 1. The van der Waals surface area contributed by atoms with Crippen molar-refractivity contribution >= 4 is 41.0 Å². The fourth-order valence-electron chi connectivity index (χ4n) is 1.12. The molecule has 5 heteroatoms. The van der Waals surface area contributed by atoms with Crippen molar-refractivity contribution in [3.63, 3.8) is 0 Å². The fraction of sp³-hybridized carbons (Fsp3) is 0.0909. The highest BCUT2D eigenvalue weighted by atomic mass is 35.5. The molecule has 0 bridgehead atoms. The monoisotopic (exact) mass is 269 g/mol. The van der Waals surface area contributed by atoms with E-state index in [0.717, 1.165) is 27.0 Å². The molecule has 1 heterocycles. The average Bonchev–Trinajstić information content (AvgIpc) is 2.76. The zero-order valence-electron chi connectivity index (χ0n) is 8.22. The van der Waals surface area contributed by atoms with E-state index in [1.807, 2.05) is 24.3 Å². The van der Waals surface area contributed by atoms with Crippen LogP contribution in [0.3, 0.4) is 0 Å². The second-order valence-electron chi connectivity index (χ2n) is 3.03. The summed E-state index contributed by atoms with van der Waals surface area (Å²) in [6, 6.07) is 7.67. The molecule has 0 aliphatic heterocycles. The summed E-state index contributed by atoms with van der Waals surface area (Å²) in [5.74, 6) is 0.778. The van der Waals surface area contributed by atoms with Crippen molar-refractivity contribution in [1.82, 2.24) is 4.98 Å². The van der Waals surface area contributed by atoms with E-state index >= 15 is 0 Å². The van der Waals surface area contributed by atoms with E-state index in [-0.39, 0.29) is 0 Å². The van der Waals surface area contributed by atoms with Gasteiger partial charge in [-0.15, -0.1) is 23.1 Å². The highest BCUT2D eigenvalue weighted by Gasteiger charge is 2.02. The van der Waals surface area contributed by atoms with E-state index in [9.17, 15) is 4.79 Å². The van der Waals surface area contributed by atoms with Crippen molar-refractivity contribution in [1.29, 1.82) is 0 Å². The number of aldehydes is 1. The fourth-order valence-corrected chi connectivity index (χ4v) is 2.90. The standard InChI is InChI=1S/C11H8ClNOS2/c12-8-1-3-10(4-2-8)15-7-11-13-9(5-14)6-16-11/h1-6H,7H2. The lowest BCUT2D eigenvalue weighted by molar-refractivity contribution is 0.111. The van der Waals surface area contributed by atoms with Gasteiger partial charge in [0.1, 0.15) is 10.7 Å². The molecule has 0 fully saturated rings. The molecule has 2 rings (SSSR count). The van der Waals surface area contributed by atoms with Gasteiger partial charge in [0, 0.05) is 15.3 Å². The average molecular weight is 270 g/mol. The number of rotatable bonds is 4. The molecule has 0 aliphatic rings. The molecule has 0 radical (unpaired) electrons. The predicted molar refractivity (Wildman–Crippen MR) is 68.5 cm³/mol. The quantitative estimate of drug-likeness (QED) is 0.623. The smallest absolute Gasteiger partial charge is 0.169 e. The summed E-state index contributed by atoms with van der Waals surface area (Å²) in [5, 5.41) is 3.47. The first-order valence-corrected chi connectivity index (χ1v) is 6.80. The molecule has 1 aromatic heterocycles. The zero-order chi connectivity index (χ0) is 11.4. The van der Waals surface area contributed by atoms with E-state index in [0.29, 0.717) is 5.69 Å². The van der Waals surface area contributed by atoms with E-state index in [4.69, 9.17) is 11.6 Å². The number of carbonyl (C=O) groups is 1. The van der Waals surface area contributed by atoms with Gasteiger partial charge >= 0.3 is 0 Å². The van der Waals surface area contributed by atoms with Crippen LogP contribution >= 0.6 is 34.7 Å². The number of hydrogen-bond donors (Lipinski definition) is 0. The summed E-state index contributed by atoms with van der Waals surface area (Å²) in [6.45, 7) is 0. The first-order valence-electron chi connectivity index (χ1n) is 4.56. The summed E-state index contributed by atoms with van der Waals surface area (Å²) in [4.78, 5) is 15.8. The molecule has 0 N–H and O–H groups in total. The Bertz CT molecular complexity index is 481. The second-order valence-corrected chi connectivity index (χ2v) is 5.45. The molecule has 0 saturated carbocycles. The number of nitrogens with zero attached hydrogens (tertiary/aromatic N) is 1. The van der Waals surface area contributed by atoms with Crippen molar-refractivity contribution in [3.8, 4) is 0 Å². The Hall–Kier alpha value is -0.840. The van der Waals surface area contributed by atoms with Crippen LogP contribution in [0, 0.1) is 0 Å². The van der Waals surface area contributed by atoms with Crippen LogP contribution in [0.4, 0.5) is 0 Å². The summed E-state index contributed by atoms with van der Waals surface area (Å²) in [5.41, 5.74) is 0.511. The van der Waals surface area contributed by atoms with E-state index in [1.54, 1.807) is 17.1 Å². The Morgan fingerprint density at radius 3 is 2.75 bits per heavy atom. The first kappa shape index (κ1) is 11.6. The lowest BCUT2D eigenvalue weighted by Gasteiger charge is -1.98. The molecule has 16 heavy (non-hydrogen) atoms. The number of carbonyl (C=O) groups excluding carboxylic acids is 1. The summed E-state index contributed by atoms with van der Waals surface area (Å²) in [7, 11) is 0. The second kappa shape index (κ2) is 5.48. The van der Waals surface area contributed by atoms with E-state index in [2.05, 4.69) is 4.98 Å². The van der Waals surface area contributed by atoms with Crippen LogP contribution in [0.15, 0.2) is 34.5 Å². The van der Waals surface area contributed by atoms with Crippen LogP contribution in [0.5, 0.6) is 0 Å². The van der Waals surface area contributed by atoms with Crippen molar-refractivity contribution in [2.24, 2.45) is 0 Å². The Labute approximate surface area is 107 Å². The van der Waals surface area contributed by atoms with Crippen LogP contribution < -0.4 is 0 Å². The minimum absolute atomic E-state index is 0.511. The molecule has 0 aliphatic carbocycles. The predicted octanol–water partition coefficient (Wildman–Crippen LogP) is 3.90. The van der Waals surface area contributed by atoms with Crippen molar-refractivity contribution in [2.75, 3.05) is 0 Å². The van der Waals surface area contributed by atoms with Gasteiger partial charge in [-0.2, -0.15) is 0 Å². The Kier molecular flexibility index (Phi) is 3.98. The first-order chi connectivity index (χ1) is 7.78. The van der Waals surface area contributed by atoms with Crippen molar-refractivity contribution < 1.29 is 4.79 Å². The molecule has 0 amide bonds. The number of aromatic nitrogens is 1. The third kappa shape index (κ3) is 3.07. The maximum Gasteiger partial charge on any atom is 0.169 e. The van der Waals surface area contributed by atoms with Crippen LogP contribution in [-0.2, 0) is 5.75 Å². The van der Waals surface area contributed by atoms with Gasteiger partial charge in [-0.3, -0.25) is 4.79 Å². The summed E-state index contributed by atoms with van der Waals surface area (Å²) in [6.07, 6.45) is 0.771. The molecule has 1 aromatic carbocycles. The molecular weight excluding hydrogens is 262 g/mol. The highest BCUT2D eigenvalue weighted by molar-refractivity contribution is 7.98. The zero-order valence-corrected chi connectivity index (χ0v) is 10.6. The Balaban J connectivity index is 1.96. The van der Waals surface area contributed by atoms with Gasteiger partial charge in [-0.05, 0) is 24.3 Å². The minimum Gasteiger partial charge on any atom is -0.296 e. The maximum atomic E-state index is 10.5. The molecule has 82 valence electrons. The van der Waals surface area contributed by atoms with Crippen LogP contribution in [-0.4, -0.2) is 11.3 Å².